The molecule has 2 heteroatoms. The third-order valence-electron chi connectivity index (χ3n) is 3.15. The zero-order valence-corrected chi connectivity index (χ0v) is 10.1. The van der Waals surface area contributed by atoms with Crippen molar-refractivity contribution in [3.05, 3.63) is 0 Å². The quantitative estimate of drug-likeness (QED) is 0.666. The molecule has 0 aliphatic heterocycles. The van der Waals surface area contributed by atoms with E-state index in [0.29, 0.717) is 12.3 Å². The fourth-order valence-corrected chi connectivity index (χ4v) is 2.31. The summed E-state index contributed by atoms with van der Waals surface area (Å²) in [7, 11) is 0. The van der Waals surface area contributed by atoms with E-state index in [1.165, 1.54) is 0 Å². The number of aliphatic hydroxyl groups is 2. The van der Waals surface area contributed by atoms with Gasteiger partial charge in [0.25, 0.3) is 0 Å². The van der Waals surface area contributed by atoms with Crippen molar-refractivity contribution in [3.63, 3.8) is 0 Å². The van der Waals surface area contributed by atoms with E-state index in [9.17, 15) is 10.2 Å². The molecule has 2 nitrogen and oxygen atoms in total. The minimum absolute atomic E-state index is 0.326. The van der Waals surface area contributed by atoms with E-state index in [0.717, 1.165) is 25.7 Å². The van der Waals surface area contributed by atoms with Crippen molar-refractivity contribution in [1.82, 2.24) is 0 Å². The second-order valence-corrected chi connectivity index (χ2v) is 4.40. The zero-order valence-electron chi connectivity index (χ0n) is 10.1. The lowest BCUT2D eigenvalue weighted by molar-refractivity contribution is -0.0601. The van der Waals surface area contributed by atoms with Gasteiger partial charge in [0, 0.05) is 6.42 Å². The van der Waals surface area contributed by atoms with Gasteiger partial charge in [0.15, 0.2) is 0 Å². The normalized spacial score (nSPS) is 20.1. The Labute approximate surface area is 88.3 Å². The van der Waals surface area contributed by atoms with Gasteiger partial charge in [-0.05, 0) is 25.7 Å². The van der Waals surface area contributed by atoms with Gasteiger partial charge in [-0.2, -0.15) is 0 Å². The first-order chi connectivity index (χ1) is 6.50. The Hall–Kier alpha value is -0.0800. The van der Waals surface area contributed by atoms with Crippen molar-refractivity contribution in [3.8, 4) is 0 Å². The first kappa shape index (κ1) is 13.9. The summed E-state index contributed by atoms with van der Waals surface area (Å²) in [6.07, 6.45) is 3.96. The predicted molar refractivity (Wildman–Crippen MR) is 60.2 cm³/mol. The molecule has 0 rings (SSSR count). The summed E-state index contributed by atoms with van der Waals surface area (Å²) in [5.74, 6) is 0.326. The number of rotatable bonds is 7. The fourth-order valence-electron chi connectivity index (χ4n) is 2.31. The van der Waals surface area contributed by atoms with Crippen LogP contribution < -0.4 is 0 Å². The van der Waals surface area contributed by atoms with Gasteiger partial charge in [0.1, 0.15) is 0 Å². The summed E-state index contributed by atoms with van der Waals surface area (Å²) in [6.45, 7) is 8.00. The minimum atomic E-state index is -0.668. The lowest BCUT2D eigenvalue weighted by Gasteiger charge is -2.36. The van der Waals surface area contributed by atoms with Crippen LogP contribution in [0.25, 0.3) is 0 Å². The van der Waals surface area contributed by atoms with E-state index in [4.69, 9.17) is 0 Å². The lowest BCUT2D eigenvalue weighted by Crippen LogP contribution is -2.39. The summed E-state index contributed by atoms with van der Waals surface area (Å²) in [5, 5.41) is 19.8. The first-order valence-electron chi connectivity index (χ1n) is 5.90. The lowest BCUT2D eigenvalue weighted by atomic mass is 9.77. The van der Waals surface area contributed by atoms with E-state index >= 15 is 0 Å². The molecule has 0 fully saturated rings. The van der Waals surface area contributed by atoms with Crippen LogP contribution in [-0.2, 0) is 0 Å². The molecule has 2 N–H and O–H groups in total. The van der Waals surface area contributed by atoms with Crippen LogP contribution in [0.3, 0.4) is 0 Å². The van der Waals surface area contributed by atoms with Gasteiger partial charge in [0.2, 0.25) is 0 Å². The molecule has 0 bridgehead atoms. The Kier molecular flexibility index (Phi) is 6.38. The van der Waals surface area contributed by atoms with Crippen LogP contribution in [0.1, 0.15) is 59.8 Å². The van der Waals surface area contributed by atoms with Gasteiger partial charge in [-0.25, -0.2) is 0 Å². The van der Waals surface area contributed by atoms with Crippen LogP contribution in [0.5, 0.6) is 0 Å². The predicted octanol–water partition coefficient (Wildman–Crippen LogP) is 2.72. The highest BCUT2D eigenvalue weighted by Crippen LogP contribution is 2.32. The summed E-state index contributed by atoms with van der Waals surface area (Å²) in [6, 6.07) is 0. The highest BCUT2D eigenvalue weighted by atomic mass is 16.3. The van der Waals surface area contributed by atoms with E-state index < -0.39 is 11.7 Å². The second-order valence-electron chi connectivity index (χ2n) is 4.40. The van der Waals surface area contributed by atoms with Crippen LogP contribution in [0, 0.1) is 5.92 Å². The molecule has 3 unspecified atom stereocenters. The standard InChI is InChI=1S/C12H26O2/c1-5-8-11(6-2)12(14,7-3)9-10(4)13/h10-11,13-14H,5-9H2,1-4H3. The maximum Gasteiger partial charge on any atom is 0.0697 e. The summed E-state index contributed by atoms with van der Waals surface area (Å²) in [4.78, 5) is 0. The van der Waals surface area contributed by atoms with Crippen LogP contribution in [-0.4, -0.2) is 21.9 Å². The van der Waals surface area contributed by atoms with Crippen LogP contribution in [0.15, 0.2) is 0 Å². The van der Waals surface area contributed by atoms with Crippen molar-refractivity contribution in [2.24, 2.45) is 5.92 Å². The van der Waals surface area contributed by atoms with Crippen LogP contribution in [0.2, 0.25) is 0 Å². The van der Waals surface area contributed by atoms with Gasteiger partial charge in [-0.3, -0.25) is 0 Å². The van der Waals surface area contributed by atoms with E-state index in [2.05, 4.69) is 13.8 Å². The third kappa shape index (κ3) is 3.97. The van der Waals surface area contributed by atoms with E-state index in [-0.39, 0.29) is 0 Å². The Morgan fingerprint density at radius 1 is 1.21 bits per heavy atom. The van der Waals surface area contributed by atoms with Gasteiger partial charge < -0.3 is 10.2 Å². The largest absolute Gasteiger partial charge is 0.393 e. The second kappa shape index (κ2) is 6.41. The van der Waals surface area contributed by atoms with Crippen molar-refractivity contribution < 1.29 is 10.2 Å². The Morgan fingerprint density at radius 2 is 1.79 bits per heavy atom. The topological polar surface area (TPSA) is 40.5 Å². The summed E-state index contributed by atoms with van der Waals surface area (Å²) < 4.78 is 0. The monoisotopic (exact) mass is 202 g/mol. The van der Waals surface area contributed by atoms with Crippen LogP contribution >= 0.6 is 0 Å². The molecule has 0 aromatic carbocycles. The summed E-state index contributed by atoms with van der Waals surface area (Å²) >= 11 is 0. The molecule has 0 heterocycles. The Balaban J connectivity index is 4.44. The Bertz CT molecular complexity index is 145. The van der Waals surface area contributed by atoms with E-state index in [1.807, 2.05) is 6.92 Å². The molecule has 0 spiro atoms. The van der Waals surface area contributed by atoms with Gasteiger partial charge in [0.05, 0.1) is 11.7 Å². The zero-order chi connectivity index (χ0) is 11.2. The first-order valence-corrected chi connectivity index (χ1v) is 5.90. The SMILES string of the molecule is CCCC(CC)C(O)(CC)CC(C)O. The van der Waals surface area contributed by atoms with Crippen molar-refractivity contribution in [2.75, 3.05) is 0 Å². The van der Waals surface area contributed by atoms with Crippen LogP contribution in [0.4, 0.5) is 0 Å². The Morgan fingerprint density at radius 3 is 2.07 bits per heavy atom. The summed E-state index contributed by atoms with van der Waals surface area (Å²) in [5.41, 5.74) is -0.668. The highest BCUT2D eigenvalue weighted by molar-refractivity contribution is 4.85. The van der Waals surface area contributed by atoms with Crippen molar-refractivity contribution >= 4 is 0 Å². The van der Waals surface area contributed by atoms with Crippen molar-refractivity contribution in [1.29, 1.82) is 0 Å². The molecule has 0 aliphatic carbocycles. The molecule has 0 amide bonds. The average Bonchev–Trinajstić information content (AvgIpc) is 2.12. The molecule has 86 valence electrons. The molecule has 14 heavy (non-hydrogen) atoms. The molecule has 0 aromatic rings. The molecular weight excluding hydrogens is 176 g/mol. The average molecular weight is 202 g/mol. The molecule has 0 saturated carbocycles. The van der Waals surface area contributed by atoms with Gasteiger partial charge in [-0.15, -0.1) is 0 Å². The molecule has 0 radical (unpaired) electrons. The molecule has 0 aliphatic rings. The molecule has 3 atom stereocenters. The molecular formula is C12H26O2. The number of hydrogen-bond donors (Lipinski definition) is 2. The molecule has 0 saturated heterocycles. The highest BCUT2D eigenvalue weighted by Gasteiger charge is 2.34. The van der Waals surface area contributed by atoms with E-state index in [1.54, 1.807) is 6.92 Å². The maximum absolute atomic E-state index is 10.4. The number of aliphatic hydroxyl groups excluding tert-OH is 1. The smallest absolute Gasteiger partial charge is 0.0697 e. The van der Waals surface area contributed by atoms with Gasteiger partial charge >= 0.3 is 0 Å². The molecule has 0 aromatic heterocycles. The number of hydrogen-bond acceptors (Lipinski definition) is 2. The minimum Gasteiger partial charge on any atom is -0.393 e. The van der Waals surface area contributed by atoms with Crippen molar-refractivity contribution in [2.45, 2.75) is 71.5 Å². The fraction of sp³-hybridized carbons (Fsp3) is 1.00. The van der Waals surface area contributed by atoms with Gasteiger partial charge in [-0.1, -0.05) is 33.6 Å². The third-order valence-corrected chi connectivity index (χ3v) is 3.15. The maximum atomic E-state index is 10.4.